The molecule has 0 unspecified atom stereocenters. The highest BCUT2D eigenvalue weighted by atomic mass is 16.3. The molecule has 0 aliphatic heterocycles. The maximum absolute atomic E-state index is 9.31. The van der Waals surface area contributed by atoms with Gasteiger partial charge >= 0.3 is 0 Å². The highest BCUT2D eigenvalue weighted by molar-refractivity contribution is 5.87. The van der Waals surface area contributed by atoms with E-state index in [1.54, 1.807) is 12.1 Å². The summed E-state index contributed by atoms with van der Waals surface area (Å²) in [6.07, 6.45) is 8.01. The molecule has 1 nitrogen and oxygen atoms in total. The molecule has 0 atom stereocenters. The zero-order chi connectivity index (χ0) is 97.9. The normalized spacial score (nSPS) is 13.2. The molecule has 0 aliphatic carbocycles. The minimum atomic E-state index is 0.288. The third-order valence-electron chi connectivity index (χ3n) is 27.7. The number of hydrogen-bond donors (Lipinski definition) is 1. The van der Waals surface area contributed by atoms with E-state index in [0.29, 0.717) is 112 Å². The Balaban J connectivity index is 0.000000267. The fourth-order valence-electron chi connectivity index (χ4n) is 22.5. The average molecular weight is 1740 g/mol. The summed E-state index contributed by atoms with van der Waals surface area (Å²) in [4.78, 5) is 0. The largest absolute Gasteiger partial charge is 0.508 e. The van der Waals surface area contributed by atoms with E-state index in [0.717, 1.165) is 32.1 Å². The van der Waals surface area contributed by atoms with Gasteiger partial charge in [0.2, 0.25) is 0 Å². The minimum Gasteiger partial charge on any atom is -0.508 e. The maximum atomic E-state index is 9.31. The third kappa shape index (κ3) is 37.3. The zero-order valence-corrected chi connectivity index (χ0v) is 90.7. The van der Waals surface area contributed by atoms with Crippen LogP contribution in [-0.4, -0.2) is 5.11 Å². The lowest BCUT2D eigenvalue weighted by molar-refractivity contribution is 0.102. The van der Waals surface area contributed by atoms with E-state index < -0.39 is 0 Å². The molecule has 0 fully saturated rings. The standard InChI is InChI=1S/4C20H28.C16H26O.2C16H26/c2*1-19(2,3)18(20(4,5)6)14-16-12-9-11-15-10-7-8-13-17(15)16;2*1-19(2,3)18(20(4,5)6)14-15-11-12-16-9-7-8-10-17(16)13-15;1-15(2,3)14(16(4,5)6)11-12-7-9-13(17)10-8-12;2*1-15(2,3)14(16(4,5)6)12-13-10-8-7-9-11-13/h4*7-13,18H,14H2,1-6H3;7-10,14,17H,11H2,1-6H3;2*7-11,14H,12H2,1-6H3. The van der Waals surface area contributed by atoms with Crippen molar-refractivity contribution in [2.75, 3.05) is 0 Å². The Morgan fingerprint density at radius 3 is 0.574 bits per heavy atom. The van der Waals surface area contributed by atoms with Crippen LogP contribution < -0.4 is 0 Å². The molecular weight excluding hydrogens is 1550 g/mol. The molecule has 0 spiro atoms. The number of fused-ring (bicyclic) bond motifs is 4. The van der Waals surface area contributed by atoms with E-state index >= 15 is 0 Å². The van der Waals surface area contributed by atoms with Crippen LogP contribution in [0.3, 0.4) is 0 Å². The summed E-state index contributed by atoms with van der Waals surface area (Å²) in [5.74, 6) is 4.98. The molecule has 1 N–H and O–H groups in total. The summed E-state index contributed by atoms with van der Waals surface area (Å²) in [5, 5.41) is 20.2. The van der Waals surface area contributed by atoms with E-state index in [1.807, 2.05) is 12.1 Å². The molecule has 129 heavy (non-hydrogen) atoms. The van der Waals surface area contributed by atoms with Crippen LogP contribution in [0.2, 0.25) is 0 Å². The molecule has 0 saturated heterocycles. The third-order valence-corrected chi connectivity index (χ3v) is 27.7. The van der Waals surface area contributed by atoms with Crippen LogP contribution in [0.5, 0.6) is 5.75 Å². The van der Waals surface area contributed by atoms with Gasteiger partial charge in [-0.3, -0.25) is 0 Å². The lowest BCUT2D eigenvalue weighted by atomic mass is 9.64. The monoisotopic (exact) mass is 1740 g/mol. The van der Waals surface area contributed by atoms with Crippen LogP contribution in [0, 0.1) is 117 Å². The number of hydrogen-bond acceptors (Lipinski definition) is 1. The Morgan fingerprint density at radius 1 is 0.155 bits per heavy atom. The van der Waals surface area contributed by atoms with Crippen molar-refractivity contribution in [2.24, 2.45) is 117 Å². The quantitative estimate of drug-likeness (QED) is 0.115. The van der Waals surface area contributed by atoms with Crippen molar-refractivity contribution < 1.29 is 5.11 Å². The molecule has 708 valence electrons. The molecule has 1 heteroatoms. The van der Waals surface area contributed by atoms with Crippen molar-refractivity contribution in [1.82, 2.24) is 0 Å². The molecule has 0 heterocycles. The van der Waals surface area contributed by atoms with Crippen molar-refractivity contribution in [1.29, 1.82) is 0 Å². The summed E-state index contributed by atoms with van der Waals surface area (Å²) in [7, 11) is 0. The van der Waals surface area contributed by atoms with Gasteiger partial charge in [0.15, 0.2) is 0 Å². The second kappa shape index (κ2) is 45.3. The van der Waals surface area contributed by atoms with Gasteiger partial charge in [0, 0.05) is 0 Å². The summed E-state index contributed by atoms with van der Waals surface area (Å²) in [6.45, 7) is 98.9. The van der Waals surface area contributed by atoms with Gasteiger partial charge < -0.3 is 5.11 Å². The highest BCUT2D eigenvalue weighted by Crippen LogP contribution is 2.49. The lowest BCUT2D eigenvalue weighted by Gasteiger charge is -2.41. The maximum Gasteiger partial charge on any atom is 0.115 e. The number of phenolic OH excluding ortho intramolecular Hbond substituents is 1. The summed E-state index contributed by atoms with van der Waals surface area (Å²) in [6, 6.07) is 91.3. The van der Waals surface area contributed by atoms with E-state index in [1.165, 1.54) is 94.9 Å². The lowest BCUT2D eigenvalue weighted by Crippen LogP contribution is -2.34. The van der Waals surface area contributed by atoms with Crippen LogP contribution in [0.15, 0.2) is 255 Å². The van der Waals surface area contributed by atoms with Crippen molar-refractivity contribution in [3.8, 4) is 5.75 Å². The molecule has 11 rings (SSSR count). The number of rotatable bonds is 14. The van der Waals surface area contributed by atoms with Crippen LogP contribution in [0.4, 0.5) is 0 Å². The van der Waals surface area contributed by atoms with Crippen molar-refractivity contribution in [3.63, 3.8) is 0 Å². The Hall–Kier alpha value is -7.74. The molecule has 0 radical (unpaired) electrons. The van der Waals surface area contributed by atoms with E-state index in [9.17, 15) is 5.11 Å². The van der Waals surface area contributed by atoms with Crippen molar-refractivity contribution in [3.05, 3.63) is 294 Å². The molecule has 0 aromatic heterocycles. The highest BCUT2D eigenvalue weighted by Gasteiger charge is 2.41. The molecule has 0 amide bonds. The van der Waals surface area contributed by atoms with Gasteiger partial charge in [0.1, 0.15) is 5.75 Å². The average Bonchev–Trinajstić information content (AvgIpc) is 0.816. The van der Waals surface area contributed by atoms with Crippen molar-refractivity contribution in [2.45, 2.75) is 336 Å². The Bertz CT molecular complexity index is 4680. The van der Waals surface area contributed by atoms with Gasteiger partial charge in [-0.05, 0) is 256 Å². The van der Waals surface area contributed by atoms with E-state index in [2.05, 4.69) is 521 Å². The van der Waals surface area contributed by atoms with Crippen LogP contribution in [0.1, 0.15) is 330 Å². The molecule has 0 saturated carbocycles. The van der Waals surface area contributed by atoms with Gasteiger partial charge in [-0.2, -0.15) is 0 Å². The fraction of sp³-hybridized carbons (Fsp3) is 0.547. The van der Waals surface area contributed by atoms with Crippen LogP contribution in [-0.2, 0) is 44.9 Å². The molecule has 11 aromatic rings. The summed E-state index contributed by atoms with van der Waals surface area (Å²) in [5.41, 5.74) is 14.6. The molecule has 0 aliphatic rings. The van der Waals surface area contributed by atoms with Gasteiger partial charge in [0.05, 0.1) is 0 Å². The van der Waals surface area contributed by atoms with Crippen molar-refractivity contribution >= 4 is 43.1 Å². The van der Waals surface area contributed by atoms with Crippen LogP contribution in [0.25, 0.3) is 43.1 Å². The molecule has 0 bridgehead atoms. The van der Waals surface area contributed by atoms with Gasteiger partial charge in [-0.25, -0.2) is 0 Å². The molecular formula is C128H190O. The first-order valence-corrected chi connectivity index (χ1v) is 49.5. The smallest absolute Gasteiger partial charge is 0.115 e. The first kappa shape index (κ1) is 112. The predicted molar refractivity (Wildman–Crippen MR) is 580 cm³/mol. The first-order chi connectivity index (χ1) is 58.8. The minimum absolute atomic E-state index is 0.288. The van der Waals surface area contributed by atoms with Gasteiger partial charge in [0.25, 0.3) is 0 Å². The number of benzene rings is 11. The zero-order valence-electron chi connectivity index (χ0n) is 90.7. The topological polar surface area (TPSA) is 20.2 Å². The second-order valence-corrected chi connectivity index (χ2v) is 53.7. The van der Waals surface area contributed by atoms with Gasteiger partial charge in [-0.15, -0.1) is 0 Å². The first-order valence-electron chi connectivity index (χ1n) is 49.5. The Labute approximate surface area is 795 Å². The summed E-state index contributed by atoms with van der Waals surface area (Å²) < 4.78 is 0. The van der Waals surface area contributed by atoms with Gasteiger partial charge in [-0.1, -0.05) is 533 Å². The second-order valence-electron chi connectivity index (χ2n) is 53.7. The predicted octanol–water partition coefficient (Wildman–Crippen LogP) is 38.9. The Kier molecular flexibility index (Phi) is 39.3. The Morgan fingerprint density at radius 2 is 0.333 bits per heavy atom. The number of phenols is 1. The van der Waals surface area contributed by atoms with Crippen LogP contribution >= 0.6 is 0 Å². The molecule has 11 aromatic carbocycles. The SMILES string of the molecule is CC(C)(C)C(Cc1ccc(O)cc1)C(C)(C)C.CC(C)(C)C(Cc1ccc2ccccc2c1)C(C)(C)C.CC(C)(C)C(Cc1ccc2ccccc2c1)C(C)(C)C.CC(C)(C)C(Cc1cccc2ccccc12)C(C)(C)C.CC(C)(C)C(Cc1cccc2ccccc12)C(C)(C)C.CC(C)(C)C(Cc1ccccc1)C(C)(C)C.CC(C)(C)C(Cc1ccccc1)C(C)(C)C. The van der Waals surface area contributed by atoms with E-state index in [4.69, 9.17) is 0 Å². The fourth-order valence-corrected chi connectivity index (χ4v) is 22.5. The van der Waals surface area contributed by atoms with E-state index in [-0.39, 0.29) is 10.8 Å². The summed E-state index contributed by atoms with van der Waals surface area (Å²) >= 11 is 0. The number of aromatic hydroxyl groups is 1.